The van der Waals surface area contributed by atoms with Gasteiger partial charge in [0.05, 0.1) is 4.92 Å². The number of anilines is 1. The fourth-order valence-corrected chi connectivity index (χ4v) is 1.25. The van der Waals surface area contributed by atoms with Gasteiger partial charge in [-0.05, 0) is 12.5 Å². The second-order valence-electron chi connectivity index (χ2n) is 4.62. The maximum atomic E-state index is 11.9. The van der Waals surface area contributed by atoms with Gasteiger partial charge in [-0.1, -0.05) is 26.8 Å². The third-order valence-electron chi connectivity index (χ3n) is 2.95. The first-order valence-electron chi connectivity index (χ1n) is 5.57. The zero-order valence-corrected chi connectivity index (χ0v) is 10.6. The molecule has 0 aliphatic carbocycles. The first-order valence-corrected chi connectivity index (χ1v) is 5.57. The predicted octanol–water partition coefficient (Wildman–Crippen LogP) is 2.68. The van der Waals surface area contributed by atoms with Crippen LogP contribution in [-0.2, 0) is 4.79 Å². The van der Waals surface area contributed by atoms with Crippen molar-refractivity contribution in [2.24, 2.45) is 5.41 Å². The predicted molar refractivity (Wildman–Crippen MR) is 67.5 cm³/mol. The van der Waals surface area contributed by atoms with E-state index in [4.69, 9.17) is 0 Å². The number of hydrogen-bond acceptors (Lipinski definition) is 4. The number of hydrogen-bond donors (Lipinski definition) is 2. The largest absolute Gasteiger partial charge is 0.505 e. The molecule has 0 bridgehead atoms. The molecule has 1 aromatic rings. The summed E-state index contributed by atoms with van der Waals surface area (Å²) in [7, 11) is 0. The average molecular weight is 252 g/mol. The normalized spacial score (nSPS) is 11.1. The van der Waals surface area contributed by atoms with Gasteiger partial charge in [0.25, 0.3) is 5.69 Å². The van der Waals surface area contributed by atoms with E-state index in [9.17, 15) is 20.0 Å². The van der Waals surface area contributed by atoms with Crippen LogP contribution in [-0.4, -0.2) is 15.9 Å². The Labute approximate surface area is 105 Å². The molecule has 2 N–H and O–H groups in total. The van der Waals surface area contributed by atoms with Gasteiger partial charge in [-0.2, -0.15) is 0 Å². The zero-order valence-electron chi connectivity index (χ0n) is 10.6. The molecule has 1 rings (SSSR count). The maximum Gasteiger partial charge on any atom is 0.296 e. The summed E-state index contributed by atoms with van der Waals surface area (Å²) in [6.45, 7) is 5.31. The molecular formula is C12H16N2O4. The van der Waals surface area contributed by atoms with Crippen molar-refractivity contribution in [3.63, 3.8) is 0 Å². The minimum absolute atomic E-state index is 0.158. The van der Waals surface area contributed by atoms with E-state index in [2.05, 4.69) is 5.32 Å². The second kappa shape index (κ2) is 5.03. The number of phenolic OH excluding ortho intramolecular Hbond substituents is 1. The summed E-state index contributed by atoms with van der Waals surface area (Å²) in [5.74, 6) is -0.681. The minimum Gasteiger partial charge on any atom is -0.505 e. The number of aromatic hydroxyl groups is 1. The molecular weight excluding hydrogens is 236 g/mol. The summed E-state index contributed by atoms with van der Waals surface area (Å²) in [4.78, 5) is 22.1. The number of carbonyl (C=O) groups is 1. The third kappa shape index (κ3) is 2.77. The molecule has 6 heteroatoms. The highest BCUT2D eigenvalue weighted by atomic mass is 16.6. The molecule has 0 aliphatic rings. The monoisotopic (exact) mass is 252 g/mol. The van der Waals surface area contributed by atoms with Crippen molar-refractivity contribution in [3.05, 3.63) is 28.3 Å². The van der Waals surface area contributed by atoms with E-state index >= 15 is 0 Å². The first kappa shape index (κ1) is 14.0. The fraction of sp³-hybridized carbons (Fsp3) is 0.417. The van der Waals surface area contributed by atoms with Crippen molar-refractivity contribution in [1.82, 2.24) is 0 Å². The molecule has 1 aromatic carbocycles. The highest BCUT2D eigenvalue weighted by Gasteiger charge is 2.28. The van der Waals surface area contributed by atoms with E-state index in [0.29, 0.717) is 6.42 Å². The average Bonchev–Trinajstić information content (AvgIpc) is 2.31. The molecule has 0 saturated heterocycles. The first-order chi connectivity index (χ1) is 8.29. The van der Waals surface area contributed by atoms with Crippen LogP contribution in [0.2, 0.25) is 0 Å². The SMILES string of the molecule is CCC(C)(C)C(=O)Nc1c(O)cccc1[N+](=O)[O-]. The van der Waals surface area contributed by atoms with Crippen molar-refractivity contribution >= 4 is 17.3 Å². The summed E-state index contributed by atoms with van der Waals surface area (Å²) in [5, 5.41) is 22.8. The van der Waals surface area contributed by atoms with Gasteiger partial charge in [0.1, 0.15) is 5.75 Å². The third-order valence-corrected chi connectivity index (χ3v) is 2.95. The summed E-state index contributed by atoms with van der Waals surface area (Å²) < 4.78 is 0. The number of para-hydroxylation sites is 1. The quantitative estimate of drug-likeness (QED) is 0.489. The molecule has 0 heterocycles. The van der Waals surface area contributed by atoms with Gasteiger partial charge in [-0.15, -0.1) is 0 Å². The van der Waals surface area contributed by atoms with Crippen LogP contribution in [0, 0.1) is 15.5 Å². The van der Waals surface area contributed by atoms with Crippen molar-refractivity contribution in [1.29, 1.82) is 0 Å². The van der Waals surface area contributed by atoms with Crippen molar-refractivity contribution in [3.8, 4) is 5.75 Å². The van der Waals surface area contributed by atoms with E-state index in [-0.39, 0.29) is 23.0 Å². The van der Waals surface area contributed by atoms with Gasteiger partial charge in [0, 0.05) is 11.5 Å². The van der Waals surface area contributed by atoms with Crippen LogP contribution < -0.4 is 5.32 Å². The van der Waals surface area contributed by atoms with Gasteiger partial charge in [0.2, 0.25) is 5.91 Å². The Bertz CT molecular complexity index is 483. The summed E-state index contributed by atoms with van der Waals surface area (Å²) in [6, 6.07) is 3.88. The molecule has 0 atom stereocenters. The van der Waals surface area contributed by atoms with E-state index in [1.54, 1.807) is 13.8 Å². The van der Waals surface area contributed by atoms with Crippen LogP contribution in [0.15, 0.2) is 18.2 Å². The number of nitro groups is 1. The standard InChI is InChI=1S/C12H16N2O4/c1-4-12(2,3)11(16)13-10-8(14(17)18)6-5-7-9(10)15/h5-7,15H,4H2,1-3H3,(H,13,16). The molecule has 0 saturated carbocycles. The van der Waals surface area contributed by atoms with Crippen LogP contribution in [0.1, 0.15) is 27.2 Å². The van der Waals surface area contributed by atoms with Crippen LogP contribution in [0.3, 0.4) is 0 Å². The highest BCUT2D eigenvalue weighted by Crippen LogP contribution is 2.34. The Morgan fingerprint density at radius 1 is 1.50 bits per heavy atom. The lowest BCUT2D eigenvalue weighted by molar-refractivity contribution is -0.384. The lowest BCUT2D eigenvalue weighted by Gasteiger charge is -2.21. The smallest absolute Gasteiger partial charge is 0.296 e. The Balaban J connectivity index is 3.12. The molecule has 18 heavy (non-hydrogen) atoms. The molecule has 0 aromatic heterocycles. The molecule has 1 amide bonds. The number of nitrogens with one attached hydrogen (secondary N) is 1. The number of nitro benzene ring substituents is 1. The molecule has 0 spiro atoms. The number of carbonyl (C=O) groups excluding carboxylic acids is 1. The van der Waals surface area contributed by atoms with Gasteiger partial charge >= 0.3 is 0 Å². The van der Waals surface area contributed by atoms with E-state index < -0.39 is 10.3 Å². The van der Waals surface area contributed by atoms with E-state index in [0.717, 1.165) is 0 Å². The number of benzene rings is 1. The van der Waals surface area contributed by atoms with E-state index in [1.807, 2.05) is 6.92 Å². The molecule has 0 unspecified atom stereocenters. The molecule has 6 nitrogen and oxygen atoms in total. The second-order valence-corrected chi connectivity index (χ2v) is 4.62. The number of rotatable bonds is 4. The summed E-state index contributed by atoms with van der Waals surface area (Å²) in [6.07, 6.45) is 0.584. The topological polar surface area (TPSA) is 92.5 Å². The van der Waals surface area contributed by atoms with Gasteiger partial charge < -0.3 is 10.4 Å². The number of nitrogens with zero attached hydrogens (tertiary/aromatic N) is 1. The van der Waals surface area contributed by atoms with Crippen molar-refractivity contribution in [2.45, 2.75) is 27.2 Å². The van der Waals surface area contributed by atoms with Crippen LogP contribution in [0.4, 0.5) is 11.4 Å². The van der Waals surface area contributed by atoms with Crippen molar-refractivity contribution < 1.29 is 14.8 Å². The lowest BCUT2D eigenvalue weighted by Crippen LogP contribution is -2.30. The fourth-order valence-electron chi connectivity index (χ4n) is 1.25. The Morgan fingerprint density at radius 3 is 2.61 bits per heavy atom. The maximum absolute atomic E-state index is 11.9. The summed E-state index contributed by atoms with van der Waals surface area (Å²) in [5.41, 5.74) is -1.14. The van der Waals surface area contributed by atoms with Crippen molar-refractivity contribution in [2.75, 3.05) is 5.32 Å². The van der Waals surface area contributed by atoms with Crippen LogP contribution in [0.5, 0.6) is 5.75 Å². The van der Waals surface area contributed by atoms with Crippen LogP contribution in [0.25, 0.3) is 0 Å². The summed E-state index contributed by atoms with van der Waals surface area (Å²) >= 11 is 0. The minimum atomic E-state index is -0.657. The van der Waals surface area contributed by atoms with E-state index in [1.165, 1.54) is 18.2 Å². The van der Waals surface area contributed by atoms with Gasteiger partial charge in [-0.3, -0.25) is 14.9 Å². The molecule has 98 valence electrons. The van der Waals surface area contributed by atoms with Crippen LogP contribution >= 0.6 is 0 Å². The van der Waals surface area contributed by atoms with Gasteiger partial charge in [-0.25, -0.2) is 0 Å². The number of amides is 1. The zero-order chi connectivity index (χ0) is 13.9. The lowest BCUT2D eigenvalue weighted by atomic mass is 9.89. The number of phenols is 1. The molecule has 0 fully saturated rings. The van der Waals surface area contributed by atoms with Gasteiger partial charge in [0.15, 0.2) is 5.69 Å². The Hall–Kier alpha value is -2.11. The Morgan fingerprint density at radius 2 is 2.11 bits per heavy atom. The Kier molecular flexibility index (Phi) is 3.90. The molecule has 0 aliphatic heterocycles. The highest BCUT2D eigenvalue weighted by molar-refractivity contribution is 5.98. The molecule has 0 radical (unpaired) electrons.